The van der Waals surface area contributed by atoms with E-state index in [1.165, 1.54) is 7.11 Å². The normalized spacial score (nSPS) is 30.0. The second-order valence-electron chi connectivity index (χ2n) is 10.8. The molecule has 1 aromatic heterocycles. The van der Waals surface area contributed by atoms with Crippen molar-refractivity contribution in [1.82, 2.24) is 9.78 Å². The van der Waals surface area contributed by atoms with Gasteiger partial charge in [-0.25, -0.2) is 4.68 Å². The van der Waals surface area contributed by atoms with Crippen molar-refractivity contribution < 1.29 is 19.4 Å². The number of benzene rings is 3. The average molecular weight is 508 g/mol. The number of ether oxygens (including phenoxy) is 2. The third-order valence-electron chi connectivity index (χ3n) is 8.78. The number of fused-ring (bicyclic) bond motifs is 3. The summed E-state index contributed by atoms with van der Waals surface area (Å²) in [4.78, 5) is 13.9. The van der Waals surface area contributed by atoms with Crippen molar-refractivity contribution in [3.8, 4) is 5.75 Å². The van der Waals surface area contributed by atoms with E-state index in [0.29, 0.717) is 11.6 Å². The summed E-state index contributed by atoms with van der Waals surface area (Å²) >= 11 is 0. The summed E-state index contributed by atoms with van der Waals surface area (Å²) in [6, 6.07) is 23.9. The summed E-state index contributed by atoms with van der Waals surface area (Å²) in [5.41, 5.74) is 1.29. The van der Waals surface area contributed by atoms with Crippen molar-refractivity contribution in [3.05, 3.63) is 112 Å². The molecule has 0 unspecified atom stereocenters. The van der Waals surface area contributed by atoms with Crippen molar-refractivity contribution in [2.75, 3.05) is 12.4 Å². The summed E-state index contributed by atoms with van der Waals surface area (Å²) in [6.45, 7) is 6.10. The van der Waals surface area contributed by atoms with E-state index in [4.69, 9.17) is 9.47 Å². The SMILES string of the molecule is COC(=O)[C@@H]1[C@@H](c2ccccc2)[C@]2(c3ccc(C)cc3)Oc3cc(C)cc(C)c3[C@@]23Nc2ccnn2[C@@]13O. The zero-order valence-corrected chi connectivity index (χ0v) is 21.7. The molecule has 7 nitrogen and oxygen atoms in total. The Bertz CT molecular complexity index is 1600. The van der Waals surface area contributed by atoms with Crippen LogP contribution in [0.15, 0.2) is 79.0 Å². The number of nitrogens with zero attached hydrogens (tertiary/aromatic N) is 2. The largest absolute Gasteiger partial charge is 0.478 e. The van der Waals surface area contributed by atoms with Crippen molar-refractivity contribution in [2.45, 2.75) is 43.6 Å². The lowest BCUT2D eigenvalue weighted by molar-refractivity contribution is -0.171. The fourth-order valence-electron chi connectivity index (χ4n) is 7.55. The van der Waals surface area contributed by atoms with Gasteiger partial charge in [-0.3, -0.25) is 4.79 Å². The smallest absolute Gasteiger partial charge is 0.314 e. The van der Waals surface area contributed by atoms with E-state index in [2.05, 4.69) is 16.5 Å². The lowest BCUT2D eigenvalue weighted by atomic mass is 9.67. The molecular formula is C31H29N3O4. The van der Waals surface area contributed by atoms with Crippen LogP contribution >= 0.6 is 0 Å². The van der Waals surface area contributed by atoms with Gasteiger partial charge in [-0.05, 0) is 49.1 Å². The number of carbonyl (C=O) groups excluding carboxylic acids is 1. The Balaban J connectivity index is 1.69. The highest BCUT2D eigenvalue weighted by atomic mass is 16.5. The Morgan fingerprint density at radius 3 is 2.47 bits per heavy atom. The molecule has 3 aliphatic rings. The van der Waals surface area contributed by atoms with Gasteiger partial charge >= 0.3 is 5.97 Å². The summed E-state index contributed by atoms with van der Waals surface area (Å²) in [5, 5.41) is 21.5. The maximum atomic E-state index is 13.9. The zero-order chi connectivity index (χ0) is 26.4. The number of hydrogen-bond donors (Lipinski definition) is 2. The van der Waals surface area contributed by atoms with Crippen molar-refractivity contribution in [2.24, 2.45) is 5.92 Å². The molecule has 0 amide bonds. The molecule has 1 saturated carbocycles. The van der Waals surface area contributed by atoms with E-state index in [9.17, 15) is 9.90 Å². The molecule has 0 saturated heterocycles. The molecular weight excluding hydrogens is 478 g/mol. The third-order valence-corrected chi connectivity index (χ3v) is 8.78. The molecule has 3 heterocycles. The summed E-state index contributed by atoms with van der Waals surface area (Å²) in [5.74, 6) is -0.897. The number of aryl methyl sites for hydroxylation is 3. The van der Waals surface area contributed by atoms with Crippen LogP contribution in [0.2, 0.25) is 0 Å². The van der Waals surface area contributed by atoms with Crippen molar-refractivity contribution in [3.63, 3.8) is 0 Å². The van der Waals surface area contributed by atoms with Gasteiger partial charge in [0.15, 0.2) is 11.1 Å². The van der Waals surface area contributed by atoms with E-state index in [1.807, 2.05) is 87.5 Å². The van der Waals surface area contributed by atoms with Gasteiger partial charge in [0, 0.05) is 17.5 Å². The van der Waals surface area contributed by atoms with E-state index in [0.717, 1.165) is 33.4 Å². The van der Waals surface area contributed by atoms with Crippen LogP contribution < -0.4 is 10.1 Å². The zero-order valence-electron chi connectivity index (χ0n) is 21.7. The van der Waals surface area contributed by atoms with Gasteiger partial charge in [0.1, 0.15) is 17.5 Å². The van der Waals surface area contributed by atoms with Crippen LogP contribution in [0.4, 0.5) is 5.82 Å². The van der Waals surface area contributed by atoms with Gasteiger partial charge in [-0.15, -0.1) is 0 Å². The fourth-order valence-corrected chi connectivity index (χ4v) is 7.55. The highest BCUT2D eigenvalue weighted by Crippen LogP contribution is 2.76. The second-order valence-corrected chi connectivity index (χ2v) is 10.8. The standard InChI is InChI=1S/C31H29N3O4/c1-18-10-12-22(13-11-18)29-26(21-8-6-5-7-9-21)27(28(35)37-4)31(36)30(29,33-24-14-15-32-34(24)31)25-20(3)16-19(2)17-23(25)38-29/h5-17,26-27,33,36H,1-4H3/t26-,27+,29+,30-,31-/m1/s1. The van der Waals surface area contributed by atoms with Crippen LogP contribution in [0.3, 0.4) is 0 Å². The summed E-state index contributed by atoms with van der Waals surface area (Å²) in [6.07, 6.45) is 1.63. The quantitative estimate of drug-likeness (QED) is 0.393. The molecule has 38 heavy (non-hydrogen) atoms. The maximum absolute atomic E-state index is 13.9. The molecule has 1 aliphatic carbocycles. The molecule has 2 N–H and O–H groups in total. The summed E-state index contributed by atoms with van der Waals surface area (Å²) in [7, 11) is 1.36. The number of carbonyl (C=O) groups is 1. The molecule has 192 valence electrons. The van der Waals surface area contributed by atoms with Crippen molar-refractivity contribution in [1.29, 1.82) is 0 Å². The van der Waals surface area contributed by atoms with Gasteiger partial charge in [-0.2, -0.15) is 5.10 Å². The van der Waals surface area contributed by atoms with E-state index in [-0.39, 0.29) is 0 Å². The molecule has 0 bridgehead atoms. The molecule has 5 atom stereocenters. The number of aromatic nitrogens is 2. The first-order valence-electron chi connectivity index (χ1n) is 12.9. The molecule has 2 aliphatic heterocycles. The highest BCUT2D eigenvalue weighted by Gasteiger charge is 2.87. The monoisotopic (exact) mass is 507 g/mol. The van der Waals surface area contributed by atoms with Crippen molar-refractivity contribution >= 4 is 11.8 Å². The Morgan fingerprint density at radius 1 is 1.03 bits per heavy atom. The number of anilines is 1. The number of nitrogens with one attached hydrogen (secondary N) is 1. The topological polar surface area (TPSA) is 85.6 Å². The van der Waals surface area contributed by atoms with Crippen LogP contribution in [0.1, 0.15) is 39.3 Å². The first kappa shape index (κ1) is 23.0. The van der Waals surface area contributed by atoms with Crippen LogP contribution in [0.5, 0.6) is 5.75 Å². The molecule has 7 heteroatoms. The Kier molecular flexibility index (Phi) is 4.54. The molecule has 7 rings (SSSR count). The highest BCUT2D eigenvalue weighted by molar-refractivity contribution is 5.81. The van der Waals surface area contributed by atoms with E-state index >= 15 is 0 Å². The molecule has 0 radical (unpaired) electrons. The minimum Gasteiger partial charge on any atom is -0.478 e. The maximum Gasteiger partial charge on any atom is 0.314 e. The minimum absolute atomic E-state index is 0.526. The lowest BCUT2D eigenvalue weighted by Gasteiger charge is -2.44. The molecule has 1 spiro atoms. The predicted molar refractivity (Wildman–Crippen MR) is 142 cm³/mol. The Labute approximate surface area is 221 Å². The molecule has 1 fully saturated rings. The van der Waals surface area contributed by atoms with Gasteiger partial charge < -0.3 is 19.9 Å². The number of aliphatic hydroxyl groups is 1. The van der Waals surface area contributed by atoms with Crippen LogP contribution in [0, 0.1) is 26.7 Å². The number of rotatable bonds is 3. The molecule has 4 aromatic rings. The van der Waals surface area contributed by atoms with Crippen LogP contribution in [-0.2, 0) is 26.4 Å². The third kappa shape index (κ3) is 2.43. The van der Waals surface area contributed by atoms with Gasteiger partial charge in [0.25, 0.3) is 0 Å². The number of methoxy groups -OCH3 is 1. The van der Waals surface area contributed by atoms with Crippen LogP contribution in [0.25, 0.3) is 0 Å². The Morgan fingerprint density at radius 2 is 1.76 bits per heavy atom. The van der Waals surface area contributed by atoms with Gasteiger partial charge in [0.05, 0.1) is 13.3 Å². The number of esters is 1. The van der Waals surface area contributed by atoms with Crippen LogP contribution in [-0.4, -0.2) is 28.0 Å². The first-order valence-corrected chi connectivity index (χ1v) is 12.9. The Hall–Kier alpha value is -4.10. The first-order chi connectivity index (χ1) is 18.3. The fraction of sp³-hybridized carbons (Fsp3) is 0.290. The number of hydrogen-bond acceptors (Lipinski definition) is 6. The summed E-state index contributed by atoms with van der Waals surface area (Å²) < 4.78 is 14.2. The minimum atomic E-state index is -1.85. The molecule has 3 aromatic carbocycles. The van der Waals surface area contributed by atoms with Gasteiger partial charge in [0.2, 0.25) is 5.72 Å². The average Bonchev–Trinajstić information content (AvgIpc) is 3.59. The van der Waals surface area contributed by atoms with Gasteiger partial charge in [-0.1, -0.05) is 66.2 Å². The van der Waals surface area contributed by atoms with E-state index in [1.54, 1.807) is 10.9 Å². The second kappa shape index (κ2) is 7.48. The van der Waals surface area contributed by atoms with E-state index < -0.39 is 34.7 Å². The lowest BCUT2D eigenvalue weighted by Crippen LogP contribution is -2.60. The predicted octanol–water partition coefficient (Wildman–Crippen LogP) is 4.65.